The van der Waals surface area contributed by atoms with E-state index < -0.39 is 4.92 Å². The lowest BCUT2D eigenvalue weighted by atomic mass is 10.0. The first kappa shape index (κ1) is 27.7. The van der Waals surface area contributed by atoms with E-state index in [1.165, 1.54) is 11.9 Å². The predicted molar refractivity (Wildman–Crippen MR) is 161 cm³/mol. The van der Waals surface area contributed by atoms with Gasteiger partial charge >= 0.3 is 11.8 Å². The number of nitro groups is 1. The molecule has 1 aromatic heterocycles. The van der Waals surface area contributed by atoms with Crippen molar-refractivity contribution in [3.05, 3.63) is 99.7 Å². The molecule has 218 valence electrons. The Morgan fingerprint density at radius 3 is 2.33 bits per heavy atom. The first-order valence-electron chi connectivity index (χ1n) is 14.1. The summed E-state index contributed by atoms with van der Waals surface area (Å²) in [4.78, 5) is 16.8. The summed E-state index contributed by atoms with van der Waals surface area (Å²) < 4.78 is 19.3. The fourth-order valence-corrected chi connectivity index (χ4v) is 5.32. The normalized spacial score (nSPS) is 16.8. The third-order valence-electron chi connectivity index (χ3n) is 7.55. The molecule has 1 fully saturated rings. The maximum atomic E-state index is 11.0. The van der Waals surface area contributed by atoms with Gasteiger partial charge in [0.15, 0.2) is 0 Å². The minimum absolute atomic E-state index is 0.201. The summed E-state index contributed by atoms with van der Waals surface area (Å²) in [6.45, 7) is 3.40. The fourth-order valence-electron chi connectivity index (χ4n) is 5.19. The topological polar surface area (TPSA) is 104 Å². The zero-order valence-corrected chi connectivity index (χ0v) is 23.8. The van der Waals surface area contributed by atoms with E-state index in [0.717, 1.165) is 53.7 Å². The number of ether oxygens (including phenoxy) is 3. The number of hydrogen-bond acceptors (Lipinski definition) is 8. The molecule has 1 saturated heterocycles. The lowest BCUT2D eigenvalue weighted by Crippen LogP contribution is -2.39. The van der Waals surface area contributed by atoms with Crippen LogP contribution in [-0.2, 0) is 13.2 Å². The highest BCUT2D eigenvalue weighted by Crippen LogP contribution is 2.27. The predicted octanol–water partition coefficient (Wildman–Crippen LogP) is 6.33. The van der Waals surface area contributed by atoms with E-state index in [-0.39, 0.29) is 17.9 Å². The number of hydrogen-bond donors (Lipinski definition) is 1. The van der Waals surface area contributed by atoms with Gasteiger partial charge in [-0.2, -0.15) is 0 Å². The van der Waals surface area contributed by atoms with Gasteiger partial charge in [-0.25, -0.2) is 0 Å². The quantitative estimate of drug-likeness (QED) is 0.169. The summed E-state index contributed by atoms with van der Waals surface area (Å²) in [6.07, 6.45) is 3.98. The molecule has 1 N–H and O–H groups in total. The Kier molecular flexibility index (Phi) is 8.32. The number of fused-ring (bicyclic) bond motifs is 1. The largest absolute Gasteiger partial charge is 0.490 e. The van der Waals surface area contributed by atoms with Crippen LogP contribution >= 0.6 is 11.6 Å². The van der Waals surface area contributed by atoms with Gasteiger partial charge in [-0.1, -0.05) is 23.7 Å². The lowest BCUT2D eigenvalue weighted by Gasteiger charge is -2.34. The van der Waals surface area contributed by atoms with Crippen molar-refractivity contribution < 1.29 is 19.1 Å². The first-order chi connectivity index (χ1) is 20.5. The van der Waals surface area contributed by atoms with E-state index in [1.54, 1.807) is 4.57 Å². The lowest BCUT2D eigenvalue weighted by molar-refractivity contribution is -0.389. The van der Waals surface area contributed by atoms with E-state index in [4.69, 9.17) is 25.8 Å². The Labute approximate surface area is 248 Å². The van der Waals surface area contributed by atoms with Gasteiger partial charge in [-0.3, -0.25) is 4.57 Å². The van der Waals surface area contributed by atoms with Crippen molar-refractivity contribution >= 4 is 28.8 Å². The van der Waals surface area contributed by atoms with E-state index in [2.05, 4.69) is 39.5 Å². The standard InChI is InChI=1S/C31H32ClN5O5/c32-23-3-1-22(2-4-23)20-40-27-9-5-24(6-10-27)33-25-13-16-35(17-14-25)26-7-11-28(12-8-26)41-21-29-15-18-36-19-30(37(38)39)34-31(36)42-29/h1-12,19,25,29,33H,13-18,20-21H2/t29-/m1/s1. The van der Waals surface area contributed by atoms with E-state index in [0.29, 0.717) is 32.2 Å². The molecule has 0 bridgehead atoms. The third-order valence-corrected chi connectivity index (χ3v) is 7.81. The maximum Gasteiger partial charge on any atom is 0.414 e. The summed E-state index contributed by atoms with van der Waals surface area (Å²) in [6, 6.07) is 24.6. The Bertz CT molecular complexity index is 1490. The second-order valence-corrected chi connectivity index (χ2v) is 10.9. The number of benzene rings is 3. The zero-order valence-electron chi connectivity index (χ0n) is 23.0. The number of halogens is 1. The highest BCUT2D eigenvalue weighted by molar-refractivity contribution is 6.30. The molecule has 2 aliphatic heterocycles. The van der Waals surface area contributed by atoms with Crippen LogP contribution in [0.3, 0.4) is 0 Å². The van der Waals surface area contributed by atoms with Gasteiger partial charge in [0.25, 0.3) is 0 Å². The SMILES string of the molecule is O=[N+]([O-])c1cn2c(n1)O[C@@H](COc1ccc(N3CCC(Nc4ccc(OCc5ccc(Cl)cc5)cc4)CC3)cc1)CC2. The number of piperidine rings is 1. The van der Waals surface area contributed by atoms with E-state index in [9.17, 15) is 10.1 Å². The average molecular weight is 590 g/mol. The number of rotatable bonds is 10. The second kappa shape index (κ2) is 12.6. The van der Waals surface area contributed by atoms with Gasteiger partial charge in [0.1, 0.15) is 37.0 Å². The molecular weight excluding hydrogens is 558 g/mol. The molecule has 3 aromatic carbocycles. The van der Waals surface area contributed by atoms with Crippen LogP contribution in [-0.4, -0.2) is 46.3 Å². The molecule has 0 unspecified atom stereocenters. The summed E-state index contributed by atoms with van der Waals surface area (Å²) in [7, 11) is 0. The van der Waals surface area contributed by atoms with Crippen molar-refractivity contribution in [1.82, 2.24) is 9.55 Å². The molecular formula is C31H32ClN5O5. The molecule has 3 heterocycles. The van der Waals surface area contributed by atoms with Gasteiger partial charge < -0.3 is 34.5 Å². The van der Waals surface area contributed by atoms with Crippen LogP contribution in [0.15, 0.2) is 79.0 Å². The highest BCUT2D eigenvalue weighted by Gasteiger charge is 2.28. The van der Waals surface area contributed by atoms with E-state index >= 15 is 0 Å². The van der Waals surface area contributed by atoms with Crippen LogP contribution in [0.5, 0.6) is 17.5 Å². The molecule has 42 heavy (non-hydrogen) atoms. The van der Waals surface area contributed by atoms with E-state index in [1.807, 2.05) is 48.5 Å². The van der Waals surface area contributed by atoms with Gasteiger partial charge in [0.05, 0.1) is 0 Å². The summed E-state index contributed by atoms with van der Waals surface area (Å²) >= 11 is 5.95. The minimum atomic E-state index is -0.513. The first-order valence-corrected chi connectivity index (χ1v) is 14.5. The van der Waals surface area contributed by atoms with Gasteiger partial charge in [0.2, 0.25) is 0 Å². The summed E-state index contributed by atoms with van der Waals surface area (Å²) in [5.41, 5.74) is 3.35. The minimum Gasteiger partial charge on any atom is -0.490 e. The molecule has 6 rings (SSSR count). The molecule has 2 aliphatic rings. The Morgan fingerprint density at radius 1 is 0.929 bits per heavy atom. The number of nitrogens with one attached hydrogen (secondary N) is 1. The zero-order chi connectivity index (χ0) is 28.9. The maximum absolute atomic E-state index is 11.0. The molecule has 4 aromatic rings. The van der Waals surface area contributed by atoms with Crippen LogP contribution in [0, 0.1) is 10.1 Å². The Balaban J connectivity index is 0.923. The van der Waals surface area contributed by atoms with Crippen LogP contribution in [0.25, 0.3) is 0 Å². The Morgan fingerprint density at radius 2 is 1.62 bits per heavy atom. The van der Waals surface area contributed by atoms with Gasteiger partial charge in [-0.05, 0) is 84.0 Å². The van der Waals surface area contributed by atoms with Crippen LogP contribution in [0.4, 0.5) is 17.2 Å². The highest BCUT2D eigenvalue weighted by atomic mass is 35.5. The number of nitrogens with zero attached hydrogens (tertiary/aromatic N) is 4. The molecule has 0 amide bonds. The molecule has 0 radical (unpaired) electrons. The molecule has 10 nitrogen and oxygen atoms in total. The molecule has 0 spiro atoms. The van der Waals surface area contributed by atoms with Crippen LogP contribution < -0.4 is 24.4 Å². The Hall–Kier alpha value is -4.44. The van der Waals surface area contributed by atoms with Crippen LogP contribution in [0.1, 0.15) is 24.8 Å². The van der Waals surface area contributed by atoms with Gasteiger partial charge in [-0.15, -0.1) is 0 Å². The third kappa shape index (κ3) is 6.88. The second-order valence-electron chi connectivity index (χ2n) is 10.5. The number of aryl methyl sites for hydroxylation is 1. The van der Waals surface area contributed by atoms with Crippen molar-refractivity contribution in [2.45, 2.75) is 44.6 Å². The van der Waals surface area contributed by atoms with Crippen molar-refractivity contribution in [1.29, 1.82) is 0 Å². The number of anilines is 2. The smallest absolute Gasteiger partial charge is 0.414 e. The molecule has 1 atom stereocenters. The number of aromatic nitrogens is 2. The monoisotopic (exact) mass is 589 g/mol. The molecule has 11 heteroatoms. The summed E-state index contributed by atoms with van der Waals surface area (Å²) in [5.74, 6) is 1.40. The average Bonchev–Trinajstić information content (AvgIpc) is 3.45. The molecule has 0 saturated carbocycles. The number of imidazole rings is 1. The van der Waals surface area contributed by atoms with Crippen molar-refractivity contribution in [2.24, 2.45) is 0 Å². The summed E-state index contributed by atoms with van der Waals surface area (Å²) in [5, 5.41) is 15.3. The van der Waals surface area contributed by atoms with Crippen LogP contribution in [0.2, 0.25) is 5.02 Å². The van der Waals surface area contributed by atoms with Crippen molar-refractivity contribution in [3.8, 4) is 17.5 Å². The van der Waals surface area contributed by atoms with Gasteiger partial charge in [0, 0.05) is 53.5 Å². The fraction of sp³-hybridized carbons (Fsp3) is 0.323. The van der Waals surface area contributed by atoms with Crippen molar-refractivity contribution in [2.75, 3.05) is 29.9 Å². The molecule has 0 aliphatic carbocycles. The van der Waals surface area contributed by atoms with Crippen molar-refractivity contribution in [3.63, 3.8) is 0 Å².